The molecule has 0 radical (unpaired) electrons. The summed E-state index contributed by atoms with van der Waals surface area (Å²) in [7, 11) is 0.0600. The molecule has 2 atom stereocenters. The molecule has 2 aliphatic heterocycles. The Kier molecular flexibility index (Phi) is 4.20. The monoisotopic (exact) mass is 372 g/mol. The van der Waals surface area contributed by atoms with Crippen molar-refractivity contribution in [2.45, 2.75) is 30.2 Å². The first-order chi connectivity index (χ1) is 12.4. The molecule has 2 aromatic rings. The molecule has 0 spiro atoms. The highest BCUT2D eigenvalue weighted by Crippen LogP contribution is 2.47. The Morgan fingerprint density at radius 1 is 1.12 bits per heavy atom. The van der Waals surface area contributed by atoms with Gasteiger partial charge in [0.25, 0.3) is 10.0 Å². The predicted octanol–water partition coefficient (Wildman–Crippen LogP) is 3.00. The smallest absolute Gasteiger partial charge is 0.264 e. The van der Waals surface area contributed by atoms with Crippen LogP contribution in [0.25, 0.3) is 0 Å². The van der Waals surface area contributed by atoms with Gasteiger partial charge in [0.05, 0.1) is 23.7 Å². The minimum absolute atomic E-state index is 0.0184. The Morgan fingerprint density at radius 2 is 1.85 bits per heavy atom. The number of hydrogen-bond donors (Lipinski definition) is 0. The van der Waals surface area contributed by atoms with Crippen LogP contribution in [-0.4, -0.2) is 46.6 Å². The standard InChI is InChI=1S/C20H24N2O3S/c1-14-4-9-19-17(12-14)18-13-21(2)11-10-20(18)22(19)26(23,24)16-7-5-15(25-3)6-8-16/h4-9,12,18,20H,10-11,13H2,1-3H3. The number of piperidine rings is 1. The lowest BCUT2D eigenvalue weighted by Gasteiger charge is -2.36. The number of ether oxygens (including phenoxy) is 1. The molecule has 1 saturated heterocycles. The fraction of sp³-hybridized carbons (Fsp3) is 0.400. The second-order valence-electron chi connectivity index (χ2n) is 7.26. The van der Waals surface area contributed by atoms with Crippen LogP contribution in [-0.2, 0) is 10.0 Å². The first-order valence-electron chi connectivity index (χ1n) is 8.89. The van der Waals surface area contributed by atoms with E-state index in [1.807, 2.05) is 12.1 Å². The number of benzene rings is 2. The Balaban J connectivity index is 1.82. The summed E-state index contributed by atoms with van der Waals surface area (Å²) in [6.07, 6.45) is 0.838. The third-order valence-corrected chi connectivity index (χ3v) is 7.37. The van der Waals surface area contributed by atoms with Crippen LogP contribution < -0.4 is 9.04 Å². The van der Waals surface area contributed by atoms with Gasteiger partial charge < -0.3 is 9.64 Å². The zero-order chi connectivity index (χ0) is 18.5. The van der Waals surface area contributed by atoms with Crippen LogP contribution in [0, 0.1) is 6.92 Å². The van der Waals surface area contributed by atoms with E-state index in [1.165, 1.54) is 5.56 Å². The lowest BCUT2D eigenvalue weighted by Crippen LogP contribution is -2.47. The van der Waals surface area contributed by atoms with Crippen LogP contribution in [0.5, 0.6) is 5.75 Å². The summed E-state index contributed by atoms with van der Waals surface area (Å²) in [6.45, 7) is 3.85. The van der Waals surface area contributed by atoms with E-state index in [2.05, 4.69) is 24.9 Å². The van der Waals surface area contributed by atoms with Gasteiger partial charge in [-0.15, -0.1) is 0 Å². The molecular formula is C20H24N2O3S. The third kappa shape index (κ3) is 2.68. The van der Waals surface area contributed by atoms with Crippen LogP contribution in [0.2, 0.25) is 0 Å². The molecule has 6 heteroatoms. The zero-order valence-corrected chi connectivity index (χ0v) is 16.2. The molecule has 138 valence electrons. The summed E-state index contributed by atoms with van der Waals surface area (Å²) >= 11 is 0. The van der Waals surface area contributed by atoms with Gasteiger partial charge in [0.15, 0.2) is 0 Å². The van der Waals surface area contributed by atoms with Crippen LogP contribution in [0.4, 0.5) is 5.69 Å². The fourth-order valence-electron chi connectivity index (χ4n) is 4.21. The molecule has 2 unspecified atom stereocenters. The molecule has 26 heavy (non-hydrogen) atoms. The van der Waals surface area contributed by atoms with Crippen molar-refractivity contribution in [1.29, 1.82) is 0 Å². The summed E-state index contributed by atoms with van der Waals surface area (Å²) in [5.41, 5.74) is 3.15. The molecule has 5 nitrogen and oxygen atoms in total. The summed E-state index contributed by atoms with van der Waals surface area (Å²) in [5, 5.41) is 0. The summed E-state index contributed by atoms with van der Waals surface area (Å²) in [6, 6.07) is 12.7. The van der Waals surface area contributed by atoms with E-state index in [1.54, 1.807) is 35.7 Å². The average molecular weight is 372 g/mol. The Hall–Kier alpha value is -2.05. The number of rotatable bonds is 3. The lowest BCUT2D eigenvalue weighted by molar-refractivity contribution is 0.237. The van der Waals surface area contributed by atoms with Gasteiger partial charge in [-0.05, 0) is 62.8 Å². The topological polar surface area (TPSA) is 49.9 Å². The third-order valence-electron chi connectivity index (χ3n) is 5.52. The van der Waals surface area contributed by atoms with Crippen molar-refractivity contribution in [2.24, 2.45) is 0 Å². The highest BCUT2D eigenvalue weighted by Gasteiger charge is 2.46. The van der Waals surface area contributed by atoms with Crippen molar-refractivity contribution in [2.75, 3.05) is 31.6 Å². The number of sulfonamides is 1. The SMILES string of the molecule is COc1ccc(S(=O)(=O)N2c3ccc(C)cc3C3CN(C)CCC32)cc1. The summed E-state index contributed by atoms with van der Waals surface area (Å²) < 4.78 is 33.8. The zero-order valence-electron chi connectivity index (χ0n) is 15.3. The quantitative estimate of drug-likeness (QED) is 0.831. The highest BCUT2D eigenvalue weighted by atomic mass is 32.2. The highest BCUT2D eigenvalue weighted by molar-refractivity contribution is 7.92. The van der Waals surface area contributed by atoms with Crippen LogP contribution in [0.15, 0.2) is 47.4 Å². The summed E-state index contributed by atoms with van der Waals surface area (Å²) in [4.78, 5) is 2.60. The van der Waals surface area contributed by atoms with Crippen LogP contribution in [0.3, 0.4) is 0 Å². The number of likely N-dealkylation sites (N-methyl/N-ethyl adjacent to an activating group) is 1. The van der Waals surface area contributed by atoms with E-state index >= 15 is 0 Å². The van der Waals surface area contributed by atoms with Gasteiger partial charge in [-0.1, -0.05) is 17.7 Å². The molecule has 0 amide bonds. The van der Waals surface area contributed by atoms with E-state index in [0.29, 0.717) is 10.6 Å². The average Bonchev–Trinajstić information content (AvgIpc) is 2.95. The van der Waals surface area contributed by atoms with Crippen molar-refractivity contribution in [3.63, 3.8) is 0 Å². The maximum Gasteiger partial charge on any atom is 0.264 e. The maximum atomic E-state index is 13.5. The van der Waals surface area contributed by atoms with E-state index in [4.69, 9.17) is 4.74 Å². The fourth-order valence-corrected chi connectivity index (χ4v) is 5.95. The van der Waals surface area contributed by atoms with E-state index in [9.17, 15) is 8.42 Å². The number of hydrogen-bond acceptors (Lipinski definition) is 4. The lowest BCUT2D eigenvalue weighted by atomic mass is 9.89. The Labute approximate surface area is 155 Å². The molecule has 0 aliphatic carbocycles. The molecule has 0 aromatic heterocycles. The van der Waals surface area contributed by atoms with Gasteiger partial charge in [0.1, 0.15) is 5.75 Å². The second kappa shape index (κ2) is 6.28. The Morgan fingerprint density at radius 3 is 2.54 bits per heavy atom. The first-order valence-corrected chi connectivity index (χ1v) is 10.3. The minimum atomic E-state index is -3.62. The predicted molar refractivity (Wildman–Crippen MR) is 102 cm³/mol. The van der Waals surface area contributed by atoms with Gasteiger partial charge >= 0.3 is 0 Å². The molecule has 2 aliphatic rings. The number of aryl methyl sites for hydroxylation is 1. The van der Waals surface area contributed by atoms with Gasteiger partial charge in [0.2, 0.25) is 0 Å². The Bertz CT molecular complexity index is 925. The molecular weight excluding hydrogens is 348 g/mol. The summed E-state index contributed by atoms with van der Waals surface area (Å²) in [5.74, 6) is 0.871. The van der Waals surface area contributed by atoms with Gasteiger partial charge in [0, 0.05) is 12.5 Å². The molecule has 2 aromatic carbocycles. The van der Waals surface area contributed by atoms with Crippen molar-refractivity contribution in [3.8, 4) is 5.75 Å². The van der Waals surface area contributed by atoms with Crippen molar-refractivity contribution < 1.29 is 13.2 Å². The second-order valence-corrected chi connectivity index (χ2v) is 9.08. The number of likely N-dealkylation sites (tertiary alicyclic amines) is 1. The number of nitrogens with zero attached hydrogens (tertiary/aromatic N) is 2. The number of fused-ring (bicyclic) bond motifs is 3. The van der Waals surface area contributed by atoms with Crippen molar-refractivity contribution >= 4 is 15.7 Å². The maximum absolute atomic E-state index is 13.5. The van der Waals surface area contributed by atoms with Gasteiger partial charge in [-0.25, -0.2) is 8.42 Å². The minimum Gasteiger partial charge on any atom is -0.497 e. The van der Waals surface area contributed by atoms with Gasteiger partial charge in [-0.3, -0.25) is 4.31 Å². The van der Waals surface area contributed by atoms with Crippen LogP contribution >= 0.6 is 0 Å². The largest absolute Gasteiger partial charge is 0.497 e. The van der Waals surface area contributed by atoms with E-state index in [-0.39, 0.29) is 12.0 Å². The number of methoxy groups -OCH3 is 1. The molecule has 4 rings (SSSR count). The molecule has 0 bridgehead atoms. The van der Waals surface area contributed by atoms with Crippen LogP contribution in [0.1, 0.15) is 23.5 Å². The van der Waals surface area contributed by atoms with Crippen molar-refractivity contribution in [3.05, 3.63) is 53.6 Å². The van der Waals surface area contributed by atoms with Crippen molar-refractivity contribution in [1.82, 2.24) is 4.90 Å². The molecule has 0 saturated carbocycles. The van der Waals surface area contributed by atoms with E-state index < -0.39 is 10.0 Å². The molecule has 1 fully saturated rings. The number of anilines is 1. The first kappa shape index (κ1) is 17.4. The van der Waals surface area contributed by atoms with Gasteiger partial charge in [-0.2, -0.15) is 0 Å². The molecule has 2 heterocycles. The molecule has 0 N–H and O–H groups in total. The normalized spacial score (nSPS) is 22.8. The van der Waals surface area contributed by atoms with E-state index in [0.717, 1.165) is 30.8 Å².